The number of hydrogen-bond donors (Lipinski definition) is 2. The fourth-order valence-electron chi connectivity index (χ4n) is 4.68. The number of amides is 2. The summed E-state index contributed by atoms with van der Waals surface area (Å²) in [5, 5.41) is 3.17. The number of benzene rings is 1. The van der Waals surface area contributed by atoms with Gasteiger partial charge in [0.05, 0.1) is 10.3 Å². The number of primary amides is 1. The number of rotatable bonds is 11. The lowest BCUT2D eigenvalue weighted by Gasteiger charge is -2.24. The summed E-state index contributed by atoms with van der Waals surface area (Å²) < 4.78 is 0.631. The van der Waals surface area contributed by atoms with Gasteiger partial charge in [-0.15, -0.1) is 11.3 Å². The van der Waals surface area contributed by atoms with E-state index >= 15 is 0 Å². The number of aryl methyl sites for hydroxylation is 2. The number of nitrogens with zero attached hydrogens (tertiary/aromatic N) is 1. The van der Waals surface area contributed by atoms with E-state index in [0.29, 0.717) is 17.2 Å². The van der Waals surface area contributed by atoms with E-state index in [4.69, 9.17) is 17.3 Å². The molecule has 180 valence electrons. The molecule has 5 nitrogen and oxygen atoms in total. The highest BCUT2D eigenvalue weighted by atomic mass is 35.5. The van der Waals surface area contributed by atoms with Gasteiger partial charge in [0.2, 0.25) is 11.8 Å². The summed E-state index contributed by atoms with van der Waals surface area (Å²) in [7, 11) is 0. The average molecular weight is 490 g/mol. The third-order valence-corrected chi connectivity index (χ3v) is 7.91. The molecule has 2 unspecified atom stereocenters. The van der Waals surface area contributed by atoms with Crippen LogP contribution in [0.3, 0.4) is 0 Å². The number of thiophene rings is 1. The van der Waals surface area contributed by atoms with Crippen LogP contribution in [0.1, 0.15) is 73.8 Å². The van der Waals surface area contributed by atoms with E-state index in [1.165, 1.54) is 29.9 Å². The predicted molar refractivity (Wildman–Crippen MR) is 140 cm³/mol. The first-order valence-electron chi connectivity index (χ1n) is 12.0. The minimum atomic E-state index is -0.473. The molecule has 33 heavy (non-hydrogen) atoms. The second-order valence-electron chi connectivity index (χ2n) is 9.16. The zero-order valence-electron chi connectivity index (χ0n) is 20.0. The second-order valence-corrected chi connectivity index (χ2v) is 10.9. The Morgan fingerprint density at radius 2 is 1.82 bits per heavy atom. The van der Waals surface area contributed by atoms with Gasteiger partial charge in [-0.25, -0.2) is 0 Å². The molecule has 0 saturated carbocycles. The highest BCUT2D eigenvalue weighted by molar-refractivity contribution is 7.16. The van der Waals surface area contributed by atoms with Crippen molar-refractivity contribution in [3.05, 3.63) is 44.6 Å². The van der Waals surface area contributed by atoms with Crippen LogP contribution in [0.4, 0.5) is 11.4 Å². The fourth-order valence-corrected chi connectivity index (χ4v) is 5.85. The van der Waals surface area contributed by atoms with Crippen LogP contribution < -0.4 is 16.0 Å². The molecule has 1 aliphatic rings. The number of nitrogens with one attached hydrogen (secondary N) is 1. The Bertz CT molecular complexity index is 945. The highest BCUT2D eigenvalue weighted by Gasteiger charge is 2.29. The van der Waals surface area contributed by atoms with Crippen LogP contribution in [0, 0.1) is 19.8 Å². The lowest BCUT2D eigenvalue weighted by Crippen LogP contribution is -2.29. The Balaban J connectivity index is 1.82. The van der Waals surface area contributed by atoms with Crippen molar-refractivity contribution in [1.29, 1.82) is 0 Å². The van der Waals surface area contributed by atoms with E-state index < -0.39 is 5.92 Å². The molecule has 0 spiro atoms. The van der Waals surface area contributed by atoms with Gasteiger partial charge >= 0.3 is 0 Å². The van der Waals surface area contributed by atoms with Crippen LogP contribution in [0.15, 0.2) is 24.3 Å². The molecule has 2 atom stereocenters. The third kappa shape index (κ3) is 6.73. The van der Waals surface area contributed by atoms with Gasteiger partial charge in [-0.05, 0) is 74.9 Å². The second kappa shape index (κ2) is 11.9. The van der Waals surface area contributed by atoms with Gasteiger partial charge in [0, 0.05) is 35.3 Å². The highest BCUT2D eigenvalue weighted by Crippen LogP contribution is 2.36. The van der Waals surface area contributed by atoms with Gasteiger partial charge in [-0.2, -0.15) is 0 Å². The maximum atomic E-state index is 13.5. The predicted octanol–water partition coefficient (Wildman–Crippen LogP) is 6.41. The molecule has 2 heterocycles. The molecule has 1 fully saturated rings. The molecular formula is C26H36ClN3O2S. The maximum Gasteiger partial charge on any atom is 0.232 e. The number of anilines is 2. The third-order valence-electron chi connectivity index (χ3n) is 6.57. The smallest absolute Gasteiger partial charge is 0.232 e. The van der Waals surface area contributed by atoms with Gasteiger partial charge in [0.1, 0.15) is 0 Å². The first-order valence-corrected chi connectivity index (χ1v) is 13.2. The van der Waals surface area contributed by atoms with Crippen molar-refractivity contribution in [2.24, 2.45) is 11.7 Å². The fraction of sp³-hybridized carbons (Fsp3) is 0.538. The monoisotopic (exact) mass is 489 g/mol. The standard InChI is InChI=1S/C26H36ClN3O2S/c1-4-5-6-9-19(25(28)31)16-21(22-10-11-23(27)33-22)26(32)29-24-17(2)14-20(15-18(24)3)30-12-7-8-13-30/h10-11,14-15,19,21H,4-9,12-13,16H2,1-3H3,(H2,28,31)(H,29,32). The van der Waals surface area contributed by atoms with Crippen molar-refractivity contribution in [2.75, 3.05) is 23.3 Å². The molecule has 2 amide bonds. The molecule has 0 aliphatic carbocycles. The zero-order chi connectivity index (χ0) is 24.0. The van der Waals surface area contributed by atoms with E-state index in [0.717, 1.165) is 54.0 Å². The van der Waals surface area contributed by atoms with Crippen LogP contribution in [0.2, 0.25) is 4.34 Å². The van der Waals surface area contributed by atoms with E-state index in [-0.39, 0.29) is 17.7 Å². The van der Waals surface area contributed by atoms with Gasteiger partial charge < -0.3 is 16.0 Å². The topological polar surface area (TPSA) is 75.4 Å². The number of carbonyl (C=O) groups excluding carboxylic acids is 2. The number of unbranched alkanes of at least 4 members (excludes halogenated alkanes) is 2. The summed E-state index contributed by atoms with van der Waals surface area (Å²) in [6, 6.07) is 8.00. The largest absolute Gasteiger partial charge is 0.372 e. The van der Waals surface area contributed by atoms with Crippen molar-refractivity contribution in [3.8, 4) is 0 Å². The van der Waals surface area contributed by atoms with Crippen molar-refractivity contribution in [2.45, 2.75) is 71.6 Å². The van der Waals surface area contributed by atoms with Crippen molar-refractivity contribution in [3.63, 3.8) is 0 Å². The molecule has 0 radical (unpaired) electrons. The van der Waals surface area contributed by atoms with Crippen molar-refractivity contribution >= 4 is 46.1 Å². The molecule has 1 aliphatic heterocycles. The van der Waals surface area contributed by atoms with Crippen LogP contribution >= 0.6 is 22.9 Å². The lowest BCUT2D eigenvalue weighted by atomic mass is 9.88. The summed E-state index contributed by atoms with van der Waals surface area (Å²) in [5.41, 5.74) is 9.88. The number of hydrogen-bond acceptors (Lipinski definition) is 4. The van der Waals surface area contributed by atoms with Crippen molar-refractivity contribution in [1.82, 2.24) is 0 Å². The van der Waals surface area contributed by atoms with Gasteiger partial charge in [-0.3, -0.25) is 9.59 Å². The lowest BCUT2D eigenvalue weighted by molar-refractivity contribution is -0.123. The Kier molecular flexibility index (Phi) is 9.21. The number of nitrogens with two attached hydrogens (primary N) is 1. The van der Waals surface area contributed by atoms with Gasteiger partial charge in [0.15, 0.2) is 0 Å². The molecular weight excluding hydrogens is 454 g/mol. The van der Waals surface area contributed by atoms with E-state index in [1.807, 2.05) is 19.9 Å². The molecule has 1 aromatic heterocycles. The Labute approximate surface area is 206 Å². The first-order chi connectivity index (χ1) is 15.8. The molecule has 2 aromatic rings. The molecule has 7 heteroatoms. The zero-order valence-corrected chi connectivity index (χ0v) is 21.5. The normalized spacial score (nSPS) is 15.5. The van der Waals surface area contributed by atoms with Gasteiger partial charge in [-0.1, -0.05) is 37.8 Å². The average Bonchev–Trinajstić information content (AvgIpc) is 3.45. The summed E-state index contributed by atoms with van der Waals surface area (Å²) in [4.78, 5) is 29.0. The van der Waals surface area contributed by atoms with Crippen LogP contribution in [-0.2, 0) is 9.59 Å². The minimum Gasteiger partial charge on any atom is -0.372 e. The Morgan fingerprint density at radius 3 is 2.36 bits per heavy atom. The number of carbonyl (C=O) groups is 2. The summed E-state index contributed by atoms with van der Waals surface area (Å²) in [6.45, 7) is 8.37. The molecule has 1 aromatic carbocycles. The van der Waals surface area contributed by atoms with Crippen LogP contribution in [0.25, 0.3) is 0 Å². The quantitative estimate of drug-likeness (QED) is 0.358. The Morgan fingerprint density at radius 1 is 1.15 bits per heavy atom. The molecule has 3 N–H and O–H groups in total. The van der Waals surface area contributed by atoms with Gasteiger partial charge in [0.25, 0.3) is 0 Å². The summed E-state index contributed by atoms with van der Waals surface area (Å²) >= 11 is 7.58. The summed E-state index contributed by atoms with van der Waals surface area (Å²) in [6.07, 6.45) is 6.59. The molecule has 0 bridgehead atoms. The maximum absolute atomic E-state index is 13.5. The molecule has 1 saturated heterocycles. The van der Waals surface area contributed by atoms with Crippen LogP contribution in [-0.4, -0.2) is 24.9 Å². The van der Waals surface area contributed by atoms with E-state index in [2.05, 4.69) is 29.3 Å². The van der Waals surface area contributed by atoms with E-state index in [1.54, 1.807) is 6.07 Å². The van der Waals surface area contributed by atoms with Crippen LogP contribution in [0.5, 0.6) is 0 Å². The SMILES string of the molecule is CCCCCC(CC(C(=O)Nc1c(C)cc(N2CCCC2)cc1C)c1ccc(Cl)s1)C(N)=O. The van der Waals surface area contributed by atoms with E-state index in [9.17, 15) is 9.59 Å². The molecule has 3 rings (SSSR count). The number of halogens is 1. The first kappa shape index (κ1) is 25.6. The minimum absolute atomic E-state index is 0.115. The summed E-state index contributed by atoms with van der Waals surface area (Å²) in [5.74, 6) is -1.27. The Hall–Kier alpha value is -2.05. The van der Waals surface area contributed by atoms with Crippen molar-refractivity contribution < 1.29 is 9.59 Å².